The summed E-state index contributed by atoms with van der Waals surface area (Å²) in [5.74, 6) is -3.04. The van der Waals surface area contributed by atoms with Crippen molar-refractivity contribution in [1.29, 1.82) is 0 Å². The van der Waals surface area contributed by atoms with Crippen LogP contribution in [0.15, 0.2) is 0 Å². The van der Waals surface area contributed by atoms with Gasteiger partial charge in [-0.25, -0.2) is 0 Å². The van der Waals surface area contributed by atoms with Crippen LogP contribution in [0.3, 0.4) is 0 Å². The summed E-state index contributed by atoms with van der Waals surface area (Å²) in [5.41, 5.74) is -2.54. The van der Waals surface area contributed by atoms with Gasteiger partial charge in [-0.1, -0.05) is 45.4 Å². The van der Waals surface area contributed by atoms with E-state index in [0.717, 1.165) is 69.9 Å². The number of carbonyl (C=O) groups excluding carboxylic acids is 2. The van der Waals surface area contributed by atoms with E-state index in [2.05, 4.69) is 27.7 Å². The topological polar surface area (TPSA) is 110 Å². The number of aliphatic hydroxyl groups is 1. The fourth-order valence-corrected chi connectivity index (χ4v) is 11.3. The molecule has 1 unspecified atom stereocenters. The van der Waals surface area contributed by atoms with Gasteiger partial charge in [-0.15, -0.1) is 0 Å². The van der Waals surface area contributed by atoms with Crippen molar-refractivity contribution in [3.63, 3.8) is 0 Å². The molecule has 0 aliphatic carbocycles. The molecule has 298 valence electrons. The second-order valence-electron chi connectivity index (χ2n) is 15.3. The van der Waals surface area contributed by atoms with Gasteiger partial charge in [0.05, 0.1) is 0 Å². The average Bonchev–Trinajstić information content (AvgIpc) is 3.08. The number of rotatable bonds is 38. The monoisotopic (exact) mass is 731 g/mol. The third-order valence-corrected chi connectivity index (χ3v) is 14.8. The molecule has 0 aromatic heterocycles. The molecule has 7 nitrogen and oxygen atoms in total. The van der Waals surface area contributed by atoms with Crippen molar-refractivity contribution in [1.82, 2.24) is 0 Å². The third kappa shape index (κ3) is 27.5. The third-order valence-electron chi connectivity index (χ3n) is 10.3. The van der Waals surface area contributed by atoms with E-state index in [1.54, 1.807) is 0 Å². The number of hydrogen-bond acceptors (Lipinski definition) is 6. The van der Waals surface area contributed by atoms with Crippen LogP contribution in [0.1, 0.15) is 220 Å². The molecule has 0 bridgehead atoms. The van der Waals surface area contributed by atoms with Crippen molar-refractivity contribution in [2.45, 2.75) is 226 Å². The van der Waals surface area contributed by atoms with Crippen LogP contribution in [-0.4, -0.2) is 58.8 Å². The molecule has 0 aromatic rings. The SMILES string of the molecule is CCCCCCCCCCCCOC(=O)CC(O)(CC(=O)O[PH](CCCCCCCC)(CCCCCCCC)CCCCCCCC)C(=O)O. The quantitative estimate of drug-likeness (QED) is 0.0369. The number of carbonyl (C=O) groups is 3. The summed E-state index contributed by atoms with van der Waals surface area (Å²) in [4.78, 5) is 38.5. The van der Waals surface area contributed by atoms with Crippen LogP contribution in [0, 0.1) is 0 Å². The Bertz CT molecular complexity index is 779. The maximum absolute atomic E-state index is 13.6. The molecule has 0 heterocycles. The Morgan fingerprint density at radius 1 is 0.460 bits per heavy atom. The number of carboxylic acid groups (broad SMARTS) is 1. The van der Waals surface area contributed by atoms with Gasteiger partial charge in [0.15, 0.2) is 0 Å². The van der Waals surface area contributed by atoms with Crippen molar-refractivity contribution >= 4 is 25.4 Å². The summed E-state index contributed by atoms with van der Waals surface area (Å²) in [6, 6.07) is 0. The normalized spacial score (nSPS) is 13.2. The maximum atomic E-state index is 13.6. The summed E-state index contributed by atoms with van der Waals surface area (Å²) < 4.78 is 11.8. The molecule has 0 rings (SSSR count). The first-order chi connectivity index (χ1) is 24.2. The zero-order chi connectivity index (χ0) is 37.2. The molecule has 8 heteroatoms. The van der Waals surface area contributed by atoms with E-state index < -0.39 is 43.8 Å². The molecule has 0 aliphatic rings. The van der Waals surface area contributed by atoms with Crippen molar-refractivity contribution in [2.75, 3.05) is 25.1 Å². The fourth-order valence-electron chi connectivity index (χ4n) is 7.01. The van der Waals surface area contributed by atoms with E-state index in [0.29, 0.717) is 6.42 Å². The van der Waals surface area contributed by atoms with Gasteiger partial charge in [0.1, 0.15) is 0 Å². The number of hydrogen-bond donors (Lipinski definition) is 2. The van der Waals surface area contributed by atoms with E-state index in [4.69, 9.17) is 9.26 Å². The van der Waals surface area contributed by atoms with E-state index in [1.807, 2.05) is 0 Å². The van der Waals surface area contributed by atoms with E-state index in [9.17, 15) is 24.6 Å². The van der Waals surface area contributed by atoms with Crippen LogP contribution in [0.2, 0.25) is 0 Å². The van der Waals surface area contributed by atoms with Gasteiger partial charge >= 0.3 is 265 Å². The van der Waals surface area contributed by atoms with Crippen molar-refractivity contribution in [3.05, 3.63) is 0 Å². The van der Waals surface area contributed by atoms with Crippen LogP contribution in [0.4, 0.5) is 0 Å². The van der Waals surface area contributed by atoms with Crippen molar-refractivity contribution in [2.24, 2.45) is 0 Å². The van der Waals surface area contributed by atoms with Crippen molar-refractivity contribution in [3.8, 4) is 0 Å². The molecule has 1 atom stereocenters. The average molecular weight is 731 g/mol. The van der Waals surface area contributed by atoms with Crippen LogP contribution in [-0.2, 0) is 23.6 Å². The van der Waals surface area contributed by atoms with Gasteiger partial charge < -0.3 is 0 Å². The molecule has 0 saturated carbocycles. The van der Waals surface area contributed by atoms with Crippen LogP contribution < -0.4 is 0 Å². The number of aliphatic carboxylic acids is 1. The predicted molar refractivity (Wildman–Crippen MR) is 214 cm³/mol. The Labute approximate surface area is 309 Å². The fraction of sp³-hybridized carbons (Fsp3) is 0.929. The van der Waals surface area contributed by atoms with Crippen LogP contribution in [0.25, 0.3) is 0 Å². The Hall–Kier alpha value is -1.20. The first-order valence-corrected chi connectivity index (χ1v) is 24.0. The molecule has 2 N–H and O–H groups in total. The van der Waals surface area contributed by atoms with Gasteiger partial charge in [-0.3, -0.25) is 0 Å². The van der Waals surface area contributed by atoms with Crippen molar-refractivity contribution < 1.29 is 33.9 Å². The standard InChI is InChI=1S/C42H83O7P/c1-5-9-13-17-21-22-23-24-25-29-33-48-39(43)37-42(47,41(45)46)38-40(44)49-50(34-30-26-18-14-10-6-2,35-31-27-19-15-11-7-3)36-32-28-20-16-12-8-4/h47,50H,5-38H2,1-4H3,(H,45,46). The first-order valence-electron chi connectivity index (χ1n) is 21.5. The molecule has 0 fully saturated rings. The molecule has 0 spiro atoms. The number of carboxylic acids is 1. The molecule has 50 heavy (non-hydrogen) atoms. The van der Waals surface area contributed by atoms with Gasteiger partial charge in [-0.2, -0.15) is 0 Å². The second-order valence-corrected chi connectivity index (χ2v) is 19.4. The molecule has 0 amide bonds. The van der Waals surface area contributed by atoms with E-state index in [1.165, 1.54) is 122 Å². The molecule has 0 radical (unpaired) electrons. The van der Waals surface area contributed by atoms with E-state index in [-0.39, 0.29) is 6.61 Å². The molecular formula is C42H83O7P. The van der Waals surface area contributed by atoms with Gasteiger partial charge in [0.2, 0.25) is 0 Å². The minimum atomic E-state index is -2.56. The zero-order valence-corrected chi connectivity index (χ0v) is 34.5. The molecule has 0 saturated heterocycles. The Kier molecular flexibility index (Phi) is 32.8. The summed E-state index contributed by atoms with van der Waals surface area (Å²) in [6.45, 7) is 9.07. The van der Waals surface area contributed by atoms with Crippen LogP contribution in [0.5, 0.6) is 0 Å². The Morgan fingerprint density at radius 2 is 0.760 bits per heavy atom. The van der Waals surface area contributed by atoms with Gasteiger partial charge in [0, 0.05) is 0 Å². The number of unbranched alkanes of at least 4 members (excludes halogenated alkanes) is 24. The predicted octanol–water partition coefficient (Wildman–Crippen LogP) is 12.3. The number of ether oxygens (including phenoxy) is 1. The Balaban J connectivity index is 5.32. The first kappa shape index (κ1) is 48.8. The second kappa shape index (κ2) is 33.6. The summed E-state index contributed by atoms with van der Waals surface area (Å²) in [5, 5.41) is 21.1. The van der Waals surface area contributed by atoms with Crippen LogP contribution >= 0.6 is 7.49 Å². The van der Waals surface area contributed by atoms with Gasteiger partial charge in [0.25, 0.3) is 0 Å². The Morgan fingerprint density at radius 3 is 1.10 bits per heavy atom. The van der Waals surface area contributed by atoms with Gasteiger partial charge in [-0.05, 0) is 0 Å². The zero-order valence-electron chi connectivity index (χ0n) is 33.5. The molecule has 0 aliphatic heterocycles. The summed E-state index contributed by atoms with van der Waals surface area (Å²) in [7, 11) is -2.56. The van der Waals surface area contributed by atoms with E-state index >= 15 is 0 Å². The molecular weight excluding hydrogens is 647 g/mol. The summed E-state index contributed by atoms with van der Waals surface area (Å²) in [6.07, 6.45) is 33.7. The minimum absolute atomic E-state index is 0.195. The number of esters is 1. The summed E-state index contributed by atoms with van der Waals surface area (Å²) >= 11 is 0. The molecule has 0 aromatic carbocycles.